The zero-order valence-corrected chi connectivity index (χ0v) is 22.3. The number of carbonyl (C=O) groups is 1. The van der Waals surface area contributed by atoms with Crippen LogP contribution in [0, 0.1) is 0 Å². The van der Waals surface area contributed by atoms with Gasteiger partial charge in [-0.15, -0.1) is 0 Å². The van der Waals surface area contributed by atoms with Crippen LogP contribution in [0.3, 0.4) is 0 Å². The van der Waals surface area contributed by atoms with Gasteiger partial charge in [-0.1, -0.05) is 18.2 Å². The van der Waals surface area contributed by atoms with Gasteiger partial charge in [0, 0.05) is 42.4 Å². The fourth-order valence-corrected chi connectivity index (χ4v) is 5.09. The topological polar surface area (TPSA) is 90.6 Å². The summed E-state index contributed by atoms with van der Waals surface area (Å²) in [4.78, 5) is 17.3. The Morgan fingerprint density at radius 3 is 2.50 bits per heavy atom. The van der Waals surface area contributed by atoms with E-state index in [1.54, 1.807) is 0 Å². The molecule has 224 valence electrons. The summed E-state index contributed by atoms with van der Waals surface area (Å²) in [6, 6.07) is 5.60. The molecule has 3 heterocycles. The number of halogens is 6. The van der Waals surface area contributed by atoms with Gasteiger partial charge in [-0.3, -0.25) is 4.79 Å². The average molecular weight is 595 g/mol. The van der Waals surface area contributed by atoms with Crippen molar-refractivity contribution in [3.63, 3.8) is 0 Å². The highest BCUT2D eigenvalue weighted by Crippen LogP contribution is 2.53. The molecule has 0 saturated carbocycles. The monoisotopic (exact) mass is 594 g/mol. The van der Waals surface area contributed by atoms with Crippen molar-refractivity contribution in [3.8, 4) is 0 Å². The van der Waals surface area contributed by atoms with E-state index in [-0.39, 0.29) is 23.1 Å². The summed E-state index contributed by atoms with van der Waals surface area (Å²) < 4.78 is 89.4. The summed E-state index contributed by atoms with van der Waals surface area (Å²) in [6.45, 7) is -0.283. The summed E-state index contributed by atoms with van der Waals surface area (Å²) in [5.41, 5.74) is -0.647. The Balaban J connectivity index is 1.34. The van der Waals surface area contributed by atoms with Crippen molar-refractivity contribution in [1.29, 1.82) is 0 Å². The van der Waals surface area contributed by atoms with Gasteiger partial charge in [0.25, 0.3) is 11.5 Å². The van der Waals surface area contributed by atoms with Gasteiger partial charge in [0.2, 0.25) is 0 Å². The van der Waals surface area contributed by atoms with Gasteiger partial charge in [-0.25, -0.2) is 10.4 Å². The first-order valence-electron chi connectivity index (χ1n) is 13.1. The summed E-state index contributed by atoms with van der Waals surface area (Å²) in [6.07, 6.45) is -1.52. The molecular formula is C28H28F6N6O2. The predicted octanol–water partition coefficient (Wildman–Crippen LogP) is 4.99. The standard InChI is InChI=1S/C28H28F6N6O2/c1-40-15-17-6-9-20(14-23(17)39-40)37-24-22(5-3-13-36-24)25(41)38-19-10-7-18(8-11-19)26(27(29,30)31,28(32,33)34)42-16-21-4-2-12-35-21/h3,5-11,13-15,21,23,35,39H,2,4,12,16H2,1H3,(H,36,37)(H,38,41)/t21-,23?/m0/s1. The van der Waals surface area contributed by atoms with Crippen molar-refractivity contribution in [1.82, 2.24) is 20.7 Å². The minimum Gasteiger partial charge on any atom is -0.352 e. The molecule has 3 aliphatic rings. The highest BCUT2D eigenvalue weighted by atomic mass is 19.4. The van der Waals surface area contributed by atoms with E-state index in [4.69, 9.17) is 4.74 Å². The third kappa shape index (κ3) is 5.87. The number of benzene rings is 1. The van der Waals surface area contributed by atoms with E-state index < -0.39 is 42.1 Å². The SMILES string of the molecule is CN1C=C2C=CC(Nc3ncccc3C(=O)Nc3ccc(C(OC[C@@H]4CCCN4)(C(F)(F)F)C(F)(F)F)cc3)=CC2N1. The van der Waals surface area contributed by atoms with Crippen LogP contribution in [0.1, 0.15) is 28.8 Å². The number of hydrogen-bond donors (Lipinski definition) is 4. The van der Waals surface area contributed by atoms with Gasteiger partial charge >= 0.3 is 12.4 Å². The molecule has 1 fully saturated rings. The fraction of sp³-hybridized carbons (Fsp3) is 0.357. The van der Waals surface area contributed by atoms with Gasteiger partial charge in [-0.05, 0) is 61.4 Å². The number of nitrogens with one attached hydrogen (secondary N) is 4. The highest BCUT2D eigenvalue weighted by molar-refractivity contribution is 6.07. The third-order valence-electron chi connectivity index (χ3n) is 7.17. The molecule has 1 aromatic heterocycles. The maximum Gasteiger partial charge on any atom is 0.430 e. The lowest BCUT2D eigenvalue weighted by atomic mass is 9.91. The lowest BCUT2D eigenvalue weighted by Gasteiger charge is -2.38. The number of carbonyl (C=O) groups excluding carboxylic acids is 1. The maximum absolute atomic E-state index is 14.1. The Hall–Kier alpha value is -3.88. The molecule has 1 aromatic carbocycles. The number of hydrogen-bond acceptors (Lipinski definition) is 7. The first kappa shape index (κ1) is 29.6. The number of aromatic nitrogens is 1. The summed E-state index contributed by atoms with van der Waals surface area (Å²) in [5, 5.41) is 10.3. The molecule has 0 spiro atoms. The van der Waals surface area contributed by atoms with Crippen LogP contribution in [0.15, 0.2) is 78.3 Å². The first-order chi connectivity index (χ1) is 19.9. The number of alkyl halides is 6. The van der Waals surface area contributed by atoms with Crippen molar-refractivity contribution in [2.75, 3.05) is 30.8 Å². The molecule has 14 heteroatoms. The van der Waals surface area contributed by atoms with Crippen molar-refractivity contribution >= 4 is 17.4 Å². The van der Waals surface area contributed by atoms with Gasteiger partial charge in [0.1, 0.15) is 5.82 Å². The lowest BCUT2D eigenvalue weighted by Crippen LogP contribution is -2.57. The first-order valence-corrected chi connectivity index (χ1v) is 13.1. The molecule has 1 aliphatic carbocycles. The van der Waals surface area contributed by atoms with Gasteiger partial charge < -0.3 is 25.7 Å². The molecule has 2 atom stereocenters. The van der Waals surface area contributed by atoms with Gasteiger partial charge in [-0.2, -0.15) is 26.3 Å². The minimum absolute atomic E-state index is 0.0148. The molecule has 4 N–H and O–H groups in total. The Morgan fingerprint density at radius 2 is 1.83 bits per heavy atom. The number of amides is 1. The van der Waals surface area contributed by atoms with E-state index in [9.17, 15) is 31.1 Å². The molecule has 1 amide bonds. The van der Waals surface area contributed by atoms with E-state index in [2.05, 4.69) is 26.4 Å². The smallest absolute Gasteiger partial charge is 0.352 e. The van der Waals surface area contributed by atoms with Crippen molar-refractivity contribution in [2.24, 2.45) is 0 Å². The molecule has 8 nitrogen and oxygen atoms in total. The van der Waals surface area contributed by atoms with Crippen LogP contribution in [-0.2, 0) is 10.3 Å². The van der Waals surface area contributed by atoms with Crippen LogP contribution in [0.4, 0.5) is 37.8 Å². The number of ether oxygens (including phenoxy) is 1. The number of rotatable bonds is 8. The normalized spacial score (nSPS) is 20.7. The molecule has 5 rings (SSSR count). The van der Waals surface area contributed by atoms with Crippen LogP contribution in [0.25, 0.3) is 0 Å². The van der Waals surface area contributed by atoms with Crippen molar-refractivity contribution < 1.29 is 35.9 Å². The quantitative estimate of drug-likeness (QED) is 0.320. The number of allylic oxidation sites excluding steroid dienone is 1. The number of anilines is 2. The molecule has 1 saturated heterocycles. The van der Waals surface area contributed by atoms with Crippen molar-refractivity contribution in [2.45, 2.75) is 42.9 Å². The van der Waals surface area contributed by atoms with E-state index in [0.717, 1.165) is 17.7 Å². The van der Waals surface area contributed by atoms with Gasteiger partial charge in [0.15, 0.2) is 0 Å². The zero-order valence-electron chi connectivity index (χ0n) is 22.3. The number of nitrogens with zero attached hydrogens (tertiary/aromatic N) is 2. The van der Waals surface area contributed by atoms with Crippen molar-refractivity contribution in [3.05, 3.63) is 89.4 Å². The van der Waals surface area contributed by atoms with Crippen LogP contribution in [0.5, 0.6) is 0 Å². The lowest BCUT2D eigenvalue weighted by molar-refractivity contribution is -0.390. The number of hydrazine groups is 1. The molecular weight excluding hydrogens is 566 g/mol. The van der Waals surface area contributed by atoms with E-state index >= 15 is 0 Å². The Labute approximate surface area is 237 Å². The molecule has 2 aromatic rings. The van der Waals surface area contributed by atoms with Crippen LogP contribution in [-0.4, -0.2) is 60.5 Å². The summed E-state index contributed by atoms with van der Waals surface area (Å²) >= 11 is 0. The predicted molar refractivity (Wildman–Crippen MR) is 143 cm³/mol. The minimum atomic E-state index is -5.80. The Morgan fingerprint density at radius 1 is 1.10 bits per heavy atom. The third-order valence-corrected chi connectivity index (χ3v) is 7.17. The van der Waals surface area contributed by atoms with Crippen LogP contribution >= 0.6 is 0 Å². The van der Waals surface area contributed by atoms with Crippen LogP contribution in [0.2, 0.25) is 0 Å². The Kier molecular flexibility index (Phi) is 8.05. The average Bonchev–Trinajstić information content (AvgIpc) is 3.57. The van der Waals surface area contributed by atoms with Gasteiger partial charge in [0.05, 0.1) is 18.2 Å². The largest absolute Gasteiger partial charge is 0.430 e. The molecule has 1 unspecified atom stereocenters. The highest BCUT2D eigenvalue weighted by Gasteiger charge is 2.73. The van der Waals surface area contributed by atoms with E-state index in [0.29, 0.717) is 37.2 Å². The van der Waals surface area contributed by atoms with Crippen LogP contribution < -0.4 is 21.4 Å². The summed E-state index contributed by atoms with van der Waals surface area (Å²) in [5.74, 6) is -0.456. The summed E-state index contributed by atoms with van der Waals surface area (Å²) in [7, 11) is 1.86. The maximum atomic E-state index is 14.1. The second-order valence-corrected chi connectivity index (χ2v) is 10.1. The number of pyridine rings is 1. The molecule has 2 aliphatic heterocycles. The fourth-order valence-electron chi connectivity index (χ4n) is 5.09. The molecule has 0 radical (unpaired) electrons. The second kappa shape index (κ2) is 11.4. The molecule has 0 bridgehead atoms. The van der Waals surface area contributed by atoms with E-state index in [1.165, 1.54) is 18.3 Å². The second-order valence-electron chi connectivity index (χ2n) is 10.1. The number of fused-ring (bicyclic) bond motifs is 1. The Bertz CT molecular complexity index is 1380. The van der Waals surface area contributed by atoms with E-state index in [1.807, 2.05) is 36.5 Å². The molecule has 42 heavy (non-hydrogen) atoms. The zero-order chi connectivity index (χ0) is 30.1.